The molecule has 0 atom stereocenters. The van der Waals surface area contributed by atoms with Gasteiger partial charge in [0.05, 0.1) is 12.2 Å². The van der Waals surface area contributed by atoms with Crippen molar-refractivity contribution in [2.24, 2.45) is 0 Å². The minimum Gasteiger partial charge on any atom is -0.340 e. The summed E-state index contributed by atoms with van der Waals surface area (Å²) < 4.78 is 15.6. The Morgan fingerprint density at radius 2 is 1.48 bits per heavy atom. The third kappa shape index (κ3) is 6.47. The van der Waals surface area contributed by atoms with Gasteiger partial charge in [-0.2, -0.15) is 0 Å². The molecule has 2 aliphatic rings. The molecule has 4 aromatic rings. The first-order valence-electron chi connectivity index (χ1n) is 15.7. The standard InChI is InChI=1S/C33H43N7O2/c1-23(2)40-30(22-24-18-20-25(21-19-24)28-16-10-11-17-29(28)31-35-38-39-36-31)34-32(37-40)33(3,41-26-12-6-4-7-13-26)42-27-14-8-5-9-15-27/h10-11,16-21,23,26-27H,4-9,12-15,22H2,1-3H3,(H,35,36,38,39). The summed E-state index contributed by atoms with van der Waals surface area (Å²) in [6, 6.07) is 16.9. The lowest BCUT2D eigenvalue weighted by Crippen LogP contribution is -2.40. The van der Waals surface area contributed by atoms with Crippen molar-refractivity contribution in [1.82, 2.24) is 35.4 Å². The molecule has 2 aromatic carbocycles. The average molecular weight is 570 g/mol. The lowest BCUT2D eigenvalue weighted by atomic mass is 9.96. The molecule has 0 radical (unpaired) electrons. The first-order valence-corrected chi connectivity index (χ1v) is 15.7. The molecule has 222 valence electrons. The Labute approximate surface area is 248 Å². The molecule has 2 heterocycles. The molecule has 0 bridgehead atoms. The molecule has 0 saturated heterocycles. The monoisotopic (exact) mass is 569 g/mol. The van der Waals surface area contributed by atoms with E-state index >= 15 is 0 Å². The molecule has 0 aliphatic heterocycles. The molecule has 0 spiro atoms. The smallest absolute Gasteiger partial charge is 0.229 e. The second-order valence-electron chi connectivity index (χ2n) is 12.3. The van der Waals surface area contributed by atoms with E-state index in [0.717, 1.165) is 48.2 Å². The molecule has 0 unspecified atom stereocenters. The molecular weight excluding hydrogens is 526 g/mol. The molecule has 2 aliphatic carbocycles. The second-order valence-corrected chi connectivity index (χ2v) is 12.3. The topological polar surface area (TPSA) is 104 Å². The lowest BCUT2D eigenvalue weighted by Gasteiger charge is -2.37. The molecule has 9 heteroatoms. The summed E-state index contributed by atoms with van der Waals surface area (Å²) in [5, 5.41) is 19.5. The van der Waals surface area contributed by atoms with Crippen molar-refractivity contribution >= 4 is 0 Å². The van der Waals surface area contributed by atoms with Gasteiger partial charge in [-0.05, 0) is 73.6 Å². The van der Waals surface area contributed by atoms with Crippen LogP contribution in [0.3, 0.4) is 0 Å². The maximum Gasteiger partial charge on any atom is 0.229 e. The van der Waals surface area contributed by atoms with E-state index in [0.29, 0.717) is 18.1 Å². The van der Waals surface area contributed by atoms with E-state index < -0.39 is 5.79 Å². The molecule has 2 aromatic heterocycles. The zero-order valence-electron chi connectivity index (χ0n) is 25.1. The summed E-state index contributed by atoms with van der Waals surface area (Å²) in [5.41, 5.74) is 4.31. The van der Waals surface area contributed by atoms with Crippen LogP contribution in [0.1, 0.15) is 108 Å². The van der Waals surface area contributed by atoms with Crippen LogP contribution >= 0.6 is 0 Å². The molecule has 9 nitrogen and oxygen atoms in total. The number of H-pyrrole nitrogens is 1. The molecule has 6 rings (SSSR count). The number of rotatable bonds is 10. The summed E-state index contributed by atoms with van der Waals surface area (Å²) in [6.45, 7) is 6.36. The fourth-order valence-electron chi connectivity index (χ4n) is 6.42. The fraction of sp³-hybridized carbons (Fsp3) is 0.545. The Morgan fingerprint density at radius 3 is 2.05 bits per heavy atom. The normalized spacial score (nSPS) is 17.2. The molecule has 0 amide bonds. The average Bonchev–Trinajstić information content (AvgIpc) is 3.70. The van der Waals surface area contributed by atoms with Crippen LogP contribution in [0.4, 0.5) is 0 Å². The number of nitrogens with zero attached hydrogens (tertiary/aromatic N) is 6. The van der Waals surface area contributed by atoms with Gasteiger partial charge in [0.1, 0.15) is 5.82 Å². The maximum atomic E-state index is 6.80. The number of aromatic nitrogens is 7. The number of aromatic amines is 1. The van der Waals surface area contributed by atoms with Gasteiger partial charge in [-0.3, -0.25) is 0 Å². The number of benzene rings is 2. The summed E-state index contributed by atoms with van der Waals surface area (Å²) in [6.07, 6.45) is 12.7. The van der Waals surface area contributed by atoms with Crippen LogP contribution in [-0.2, 0) is 21.7 Å². The van der Waals surface area contributed by atoms with Crippen molar-refractivity contribution in [2.75, 3.05) is 0 Å². The third-order valence-electron chi connectivity index (χ3n) is 8.64. The SMILES string of the molecule is CC(C)n1nc(C(C)(OC2CCCCC2)OC2CCCCC2)nc1Cc1ccc(-c2ccccc2-c2nnn[nH]2)cc1. The van der Waals surface area contributed by atoms with Crippen LogP contribution in [0.25, 0.3) is 22.5 Å². The van der Waals surface area contributed by atoms with Gasteiger partial charge in [0.2, 0.25) is 11.6 Å². The molecule has 42 heavy (non-hydrogen) atoms. The van der Waals surface area contributed by atoms with E-state index in [1.54, 1.807) is 0 Å². The van der Waals surface area contributed by atoms with Gasteiger partial charge < -0.3 is 9.47 Å². The lowest BCUT2D eigenvalue weighted by molar-refractivity contribution is -0.288. The Balaban J connectivity index is 1.26. The Kier molecular flexibility index (Phi) is 8.76. The Bertz CT molecular complexity index is 1400. The summed E-state index contributed by atoms with van der Waals surface area (Å²) in [7, 11) is 0. The van der Waals surface area contributed by atoms with Gasteiger partial charge >= 0.3 is 0 Å². The quantitative estimate of drug-likeness (QED) is 0.202. The number of hydrogen-bond donors (Lipinski definition) is 1. The highest BCUT2D eigenvalue weighted by Crippen LogP contribution is 2.36. The number of nitrogens with one attached hydrogen (secondary N) is 1. The van der Waals surface area contributed by atoms with Gasteiger partial charge in [0.15, 0.2) is 5.82 Å². The van der Waals surface area contributed by atoms with Crippen molar-refractivity contribution in [3.8, 4) is 22.5 Å². The highest BCUT2D eigenvalue weighted by Gasteiger charge is 2.40. The van der Waals surface area contributed by atoms with Gasteiger partial charge in [-0.1, -0.05) is 87.1 Å². The van der Waals surface area contributed by atoms with Crippen LogP contribution in [0.5, 0.6) is 0 Å². The molecular formula is C33H43N7O2. The van der Waals surface area contributed by atoms with Crippen molar-refractivity contribution in [3.63, 3.8) is 0 Å². The highest BCUT2D eigenvalue weighted by atomic mass is 16.7. The molecule has 1 N–H and O–H groups in total. The van der Waals surface area contributed by atoms with E-state index in [9.17, 15) is 0 Å². The van der Waals surface area contributed by atoms with Crippen molar-refractivity contribution < 1.29 is 9.47 Å². The third-order valence-corrected chi connectivity index (χ3v) is 8.64. The highest BCUT2D eigenvalue weighted by molar-refractivity contribution is 5.80. The Morgan fingerprint density at radius 1 is 0.857 bits per heavy atom. The maximum absolute atomic E-state index is 6.80. The van der Waals surface area contributed by atoms with Crippen LogP contribution in [0.15, 0.2) is 48.5 Å². The van der Waals surface area contributed by atoms with Crippen LogP contribution < -0.4 is 0 Å². The predicted octanol–water partition coefficient (Wildman–Crippen LogP) is 7.17. The number of hydrogen-bond acceptors (Lipinski definition) is 7. The molecule has 2 fully saturated rings. The Hall–Kier alpha value is -3.43. The zero-order chi connectivity index (χ0) is 28.9. The number of ether oxygens (including phenoxy) is 2. The van der Waals surface area contributed by atoms with E-state index in [2.05, 4.69) is 71.7 Å². The van der Waals surface area contributed by atoms with Crippen LogP contribution in [0, 0.1) is 0 Å². The van der Waals surface area contributed by atoms with Gasteiger partial charge in [-0.25, -0.2) is 14.8 Å². The minimum absolute atomic E-state index is 0.163. The fourth-order valence-corrected chi connectivity index (χ4v) is 6.42. The van der Waals surface area contributed by atoms with Gasteiger partial charge in [-0.15, -0.1) is 10.2 Å². The van der Waals surface area contributed by atoms with Crippen LogP contribution in [-0.4, -0.2) is 47.6 Å². The summed E-state index contributed by atoms with van der Waals surface area (Å²) in [4.78, 5) is 5.13. The minimum atomic E-state index is -0.956. The van der Waals surface area contributed by atoms with Crippen molar-refractivity contribution in [2.45, 2.75) is 115 Å². The van der Waals surface area contributed by atoms with E-state index in [4.69, 9.17) is 19.6 Å². The van der Waals surface area contributed by atoms with E-state index in [1.807, 2.05) is 22.9 Å². The first kappa shape index (κ1) is 28.7. The largest absolute Gasteiger partial charge is 0.340 e. The van der Waals surface area contributed by atoms with E-state index in [1.165, 1.54) is 44.1 Å². The summed E-state index contributed by atoms with van der Waals surface area (Å²) in [5.74, 6) is 1.27. The van der Waals surface area contributed by atoms with Crippen LogP contribution in [0.2, 0.25) is 0 Å². The molecule has 2 saturated carbocycles. The van der Waals surface area contributed by atoms with E-state index in [-0.39, 0.29) is 18.2 Å². The number of tetrazole rings is 1. The second kappa shape index (κ2) is 12.8. The van der Waals surface area contributed by atoms with Gasteiger partial charge in [0, 0.05) is 18.0 Å². The van der Waals surface area contributed by atoms with Crippen molar-refractivity contribution in [1.29, 1.82) is 0 Å². The predicted molar refractivity (Wildman–Crippen MR) is 162 cm³/mol. The first-order chi connectivity index (χ1) is 20.5. The van der Waals surface area contributed by atoms with Gasteiger partial charge in [0.25, 0.3) is 0 Å². The zero-order valence-corrected chi connectivity index (χ0v) is 25.1. The van der Waals surface area contributed by atoms with Crippen molar-refractivity contribution in [3.05, 3.63) is 65.7 Å². The summed E-state index contributed by atoms with van der Waals surface area (Å²) >= 11 is 0.